The molecule has 0 radical (unpaired) electrons. The van der Waals surface area contributed by atoms with Crippen LogP contribution in [-0.4, -0.2) is 44.2 Å². The number of piperidine rings is 1. The van der Waals surface area contributed by atoms with Crippen molar-refractivity contribution in [3.8, 4) is 0 Å². The van der Waals surface area contributed by atoms with Crippen molar-refractivity contribution in [2.24, 2.45) is 5.41 Å². The molecule has 1 aliphatic rings. The van der Waals surface area contributed by atoms with Crippen LogP contribution >= 0.6 is 0 Å². The van der Waals surface area contributed by atoms with Crippen LogP contribution in [0.5, 0.6) is 0 Å². The Hall–Kier alpha value is -0.130. The first-order valence-electron chi connectivity index (χ1n) is 6.49. The zero-order valence-electron chi connectivity index (χ0n) is 11.5. The molecule has 1 rings (SSSR count). The third-order valence-corrected chi connectivity index (χ3v) is 5.89. The van der Waals surface area contributed by atoms with E-state index >= 15 is 0 Å². The molecule has 17 heavy (non-hydrogen) atoms. The molecule has 1 aliphatic heterocycles. The van der Waals surface area contributed by atoms with E-state index in [1.807, 2.05) is 6.92 Å². The summed E-state index contributed by atoms with van der Waals surface area (Å²) in [5.74, 6) is 0. The average molecular weight is 262 g/mol. The van der Waals surface area contributed by atoms with Gasteiger partial charge in [-0.05, 0) is 31.7 Å². The van der Waals surface area contributed by atoms with Gasteiger partial charge in [-0.3, -0.25) is 0 Å². The van der Waals surface area contributed by atoms with Crippen LogP contribution in [0.2, 0.25) is 0 Å². The topological polar surface area (TPSA) is 49.4 Å². The monoisotopic (exact) mass is 262 g/mol. The Bertz CT molecular complexity index is 328. The molecule has 0 aromatic carbocycles. The molecular formula is C12H26N2O2S. The van der Waals surface area contributed by atoms with Gasteiger partial charge in [0.05, 0.1) is 5.25 Å². The minimum absolute atomic E-state index is 0.289. The quantitative estimate of drug-likeness (QED) is 0.815. The molecule has 1 fully saturated rings. The highest BCUT2D eigenvalue weighted by Gasteiger charge is 2.34. The maximum atomic E-state index is 12.3. The molecule has 1 saturated heterocycles. The van der Waals surface area contributed by atoms with Crippen molar-refractivity contribution in [3.05, 3.63) is 0 Å². The van der Waals surface area contributed by atoms with Gasteiger partial charge in [0, 0.05) is 19.6 Å². The van der Waals surface area contributed by atoms with Crippen molar-refractivity contribution in [1.29, 1.82) is 0 Å². The molecule has 5 heteroatoms. The largest absolute Gasteiger partial charge is 0.316 e. The summed E-state index contributed by atoms with van der Waals surface area (Å²) in [6.45, 7) is 10.9. The van der Waals surface area contributed by atoms with E-state index in [9.17, 15) is 8.42 Å². The van der Waals surface area contributed by atoms with Crippen LogP contribution in [0.1, 0.15) is 40.5 Å². The lowest BCUT2D eigenvalue weighted by atomic mass is 9.83. The van der Waals surface area contributed by atoms with Crippen LogP contribution in [-0.2, 0) is 10.0 Å². The Kier molecular flexibility index (Phi) is 4.98. The van der Waals surface area contributed by atoms with Crippen LogP contribution in [0.4, 0.5) is 0 Å². The van der Waals surface area contributed by atoms with Crippen LogP contribution in [0.25, 0.3) is 0 Å². The highest BCUT2D eigenvalue weighted by Crippen LogP contribution is 2.31. The average Bonchev–Trinajstić information content (AvgIpc) is 2.25. The zero-order chi connectivity index (χ0) is 13.1. The number of hydrogen-bond acceptors (Lipinski definition) is 3. The van der Waals surface area contributed by atoms with Crippen LogP contribution in [0.15, 0.2) is 0 Å². The number of sulfonamides is 1. The SMILES string of the molecule is CCNCC(C)S(=O)(=O)N1CCC(C)(C)CC1. The lowest BCUT2D eigenvalue weighted by molar-refractivity contribution is 0.195. The van der Waals surface area contributed by atoms with Crippen molar-refractivity contribution in [3.63, 3.8) is 0 Å². The standard InChI is InChI=1S/C12H26N2O2S/c1-5-13-10-11(2)17(15,16)14-8-6-12(3,4)7-9-14/h11,13H,5-10H2,1-4H3. The summed E-state index contributed by atoms with van der Waals surface area (Å²) in [5, 5.41) is 2.77. The van der Waals surface area contributed by atoms with Gasteiger partial charge in [0.2, 0.25) is 10.0 Å². The molecule has 0 amide bonds. The van der Waals surface area contributed by atoms with Crippen molar-refractivity contribution >= 4 is 10.0 Å². The summed E-state index contributed by atoms with van der Waals surface area (Å²) in [6, 6.07) is 0. The molecule has 1 heterocycles. The van der Waals surface area contributed by atoms with E-state index in [1.165, 1.54) is 0 Å². The van der Waals surface area contributed by atoms with Crippen LogP contribution < -0.4 is 5.32 Å². The first-order valence-corrected chi connectivity index (χ1v) is 7.99. The highest BCUT2D eigenvalue weighted by atomic mass is 32.2. The second-order valence-corrected chi connectivity index (χ2v) is 8.08. The molecule has 4 nitrogen and oxygen atoms in total. The Balaban J connectivity index is 2.60. The Labute approximate surface area is 106 Å². The molecule has 1 N–H and O–H groups in total. The van der Waals surface area contributed by atoms with Gasteiger partial charge in [0.1, 0.15) is 0 Å². The van der Waals surface area contributed by atoms with Gasteiger partial charge in [-0.1, -0.05) is 20.8 Å². The summed E-state index contributed by atoms with van der Waals surface area (Å²) in [6.07, 6.45) is 1.92. The van der Waals surface area contributed by atoms with Crippen molar-refractivity contribution < 1.29 is 8.42 Å². The molecule has 0 spiro atoms. The molecule has 102 valence electrons. The minimum Gasteiger partial charge on any atom is -0.316 e. The third kappa shape index (κ3) is 3.93. The Morgan fingerprint density at radius 2 is 1.82 bits per heavy atom. The fourth-order valence-electron chi connectivity index (χ4n) is 2.05. The van der Waals surface area contributed by atoms with Gasteiger partial charge in [-0.15, -0.1) is 0 Å². The van der Waals surface area contributed by atoms with E-state index in [0.29, 0.717) is 19.6 Å². The molecule has 0 aromatic rings. The van der Waals surface area contributed by atoms with Gasteiger partial charge in [0.25, 0.3) is 0 Å². The second kappa shape index (κ2) is 5.67. The van der Waals surface area contributed by atoms with Gasteiger partial charge >= 0.3 is 0 Å². The summed E-state index contributed by atoms with van der Waals surface area (Å²) in [7, 11) is -3.11. The second-order valence-electron chi connectivity index (χ2n) is 5.73. The Morgan fingerprint density at radius 3 is 2.29 bits per heavy atom. The van der Waals surface area contributed by atoms with E-state index < -0.39 is 10.0 Å². The molecule has 1 unspecified atom stereocenters. The smallest absolute Gasteiger partial charge is 0.217 e. The zero-order valence-corrected chi connectivity index (χ0v) is 12.3. The molecule has 0 bridgehead atoms. The number of rotatable bonds is 5. The molecular weight excluding hydrogens is 236 g/mol. The lowest BCUT2D eigenvalue weighted by Crippen LogP contribution is -2.46. The molecule has 0 aromatic heterocycles. The van der Waals surface area contributed by atoms with E-state index in [-0.39, 0.29) is 10.7 Å². The Morgan fingerprint density at radius 1 is 1.29 bits per heavy atom. The summed E-state index contributed by atoms with van der Waals surface area (Å²) >= 11 is 0. The van der Waals surface area contributed by atoms with Gasteiger partial charge < -0.3 is 5.32 Å². The minimum atomic E-state index is -3.11. The predicted molar refractivity (Wildman–Crippen MR) is 71.5 cm³/mol. The van der Waals surface area contributed by atoms with E-state index in [4.69, 9.17) is 0 Å². The van der Waals surface area contributed by atoms with Gasteiger partial charge in [-0.2, -0.15) is 0 Å². The lowest BCUT2D eigenvalue weighted by Gasteiger charge is -2.37. The van der Waals surface area contributed by atoms with Crippen LogP contribution in [0, 0.1) is 5.41 Å². The first-order chi connectivity index (χ1) is 7.79. The fraction of sp³-hybridized carbons (Fsp3) is 1.00. The van der Waals surface area contributed by atoms with Crippen molar-refractivity contribution in [2.45, 2.75) is 45.8 Å². The highest BCUT2D eigenvalue weighted by molar-refractivity contribution is 7.89. The van der Waals surface area contributed by atoms with E-state index in [0.717, 1.165) is 19.4 Å². The summed E-state index contributed by atoms with van der Waals surface area (Å²) < 4.78 is 26.2. The fourth-order valence-corrected chi connectivity index (χ4v) is 3.58. The molecule has 0 saturated carbocycles. The number of nitrogens with zero attached hydrogens (tertiary/aromatic N) is 1. The molecule has 0 aliphatic carbocycles. The predicted octanol–water partition coefficient (Wildman–Crippen LogP) is 1.44. The summed E-state index contributed by atoms with van der Waals surface area (Å²) in [4.78, 5) is 0. The molecule has 1 atom stereocenters. The van der Waals surface area contributed by atoms with Gasteiger partial charge in [-0.25, -0.2) is 12.7 Å². The number of nitrogens with one attached hydrogen (secondary N) is 1. The normalized spacial score (nSPS) is 23.5. The van der Waals surface area contributed by atoms with E-state index in [2.05, 4.69) is 19.2 Å². The maximum Gasteiger partial charge on any atom is 0.217 e. The third-order valence-electron chi connectivity index (χ3n) is 3.63. The van der Waals surface area contributed by atoms with Crippen molar-refractivity contribution in [2.75, 3.05) is 26.2 Å². The first kappa shape index (κ1) is 14.9. The number of hydrogen-bond donors (Lipinski definition) is 1. The van der Waals surface area contributed by atoms with Gasteiger partial charge in [0.15, 0.2) is 0 Å². The summed E-state index contributed by atoms with van der Waals surface area (Å²) in [5.41, 5.74) is 0.289. The van der Waals surface area contributed by atoms with Crippen molar-refractivity contribution in [1.82, 2.24) is 9.62 Å². The maximum absolute atomic E-state index is 12.3. The van der Waals surface area contributed by atoms with E-state index in [1.54, 1.807) is 11.2 Å². The van der Waals surface area contributed by atoms with Crippen LogP contribution in [0.3, 0.4) is 0 Å².